The number of sulfonamides is 1. The van der Waals surface area contributed by atoms with Gasteiger partial charge in [0.15, 0.2) is 0 Å². The molecule has 0 atom stereocenters. The van der Waals surface area contributed by atoms with Crippen LogP contribution in [0, 0.1) is 0 Å². The Balaban J connectivity index is 2.10. The summed E-state index contributed by atoms with van der Waals surface area (Å²) < 4.78 is 26.2. The van der Waals surface area contributed by atoms with Crippen LogP contribution in [0.2, 0.25) is 0 Å². The number of anilines is 2. The zero-order valence-corrected chi connectivity index (χ0v) is 10.4. The van der Waals surface area contributed by atoms with Gasteiger partial charge in [-0.1, -0.05) is 18.2 Å². The van der Waals surface area contributed by atoms with E-state index in [2.05, 4.69) is 9.71 Å². The van der Waals surface area contributed by atoms with Crippen LogP contribution >= 0.6 is 0 Å². The first-order chi connectivity index (χ1) is 8.55. The molecule has 3 N–H and O–H groups in total. The number of nitrogens with two attached hydrogens (primary N) is 1. The Morgan fingerprint density at radius 1 is 1.11 bits per heavy atom. The Hall–Kier alpha value is -2.08. The van der Waals surface area contributed by atoms with Crippen LogP contribution in [-0.4, -0.2) is 13.4 Å². The Kier molecular flexibility index (Phi) is 3.47. The molecule has 0 fully saturated rings. The predicted molar refractivity (Wildman–Crippen MR) is 71.3 cm³/mol. The monoisotopic (exact) mass is 263 g/mol. The van der Waals surface area contributed by atoms with Crippen molar-refractivity contribution in [2.75, 3.05) is 10.5 Å². The van der Waals surface area contributed by atoms with Crippen molar-refractivity contribution in [3.63, 3.8) is 0 Å². The molecular formula is C12H13N3O2S. The lowest BCUT2D eigenvalue weighted by Crippen LogP contribution is -2.15. The second-order valence-corrected chi connectivity index (χ2v) is 5.54. The molecule has 94 valence electrons. The molecule has 5 nitrogen and oxygen atoms in total. The molecule has 2 rings (SSSR count). The Labute approximate surface area is 106 Å². The average Bonchev–Trinajstić information content (AvgIpc) is 2.32. The Morgan fingerprint density at radius 3 is 2.44 bits per heavy atom. The average molecular weight is 263 g/mol. The highest BCUT2D eigenvalue weighted by Gasteiger charge is 2.11. The summed E-state index contributed by atoms with van der Waals surface area (Å²) in [5.41, 5.74) is 6.82. The van der Waals surface area contributed by atoms with E-state index in [4.69, 9.17) is 5.73 Å². The third-order valence-electron chi connectivity index (χ3n) is 2.26. The molecule has 0 saturated heterocycles. The van der Waals surface area contributed by atoms with Crippen molar-refractivity contribution in [1.29, 1.82) is 0 Å². The van der Waals surface area contributed by atoms with Crippen LogP contribution < -0.4 is 10.5 Å². The molecule has 0 radical (unpaired) electrons. The minimum absolute atomic E-state index is 0.107. The number of aromatic nitrogens is 1. The standard InChI is InChI=1S/C12H13N3O2S/c13-11-6-4-10(5-7-11)9-18(16,17)15-12-3-1-2-8-14-12/h1-8H,9,13H2,(H,14,15). The maximum atomic E-state index is 11.9. The fourth-order valence-corrected chi connectivity index (χ4v) is 2.59. The first-order valence-electron chi connectivity index (χ1n) is 5.31. The molecule has 6 heteroatoms. The first-order valence-corrected chi connectivity index (χ1v) is 6.96. The van der Waals surface area contributed by atoms with Crippen molar-refractivity contribution in [1.82, 2.24) is 4.98 Å². The third-order valence-corrected chi connectivity index (χ3v) is 3.49. The second kappa shape index (κ2) is 5.05. The van der Waals surface area contributed by atoms with E-state index >= 15 is 0 Å². The molecule has 0 saturated carbocycles. The van der Waals surface area contributed by atoms with Gasteiger partial charge in [0.05, 0.1) is 5.75 Å². The third kappa shape index (κ3) is 3.46. The van der Waals surface area contributed by atoms with Gasteiger partial charge in [0.1, 0.15) is 5.82 Å². The number of nitrogens with zero attached hydrogens (tertiary/aromatic N) is 1. The maximum absolute atomic E-state index is 11.9. The van der Waals surface area contributed by atoms with E-state index in [1.54, 1.807) is 42.5 Å². The lowest BCUT2D eigenvalue weighted by atomic mass is 10.2. The highest BCUT2D eigenvalue weighted by atomic mass is 32.2. The lowest BCUT2D eigenvalue weighted by molar-refractivity contribution is 0.600. The van der Waals surface area contributed by atoms with Gasteiger partial charge in [0, 0.05) is 11.9 Å². The molecule has 18 heavy (non-hydrogen) atoms. The minimum atomic E-state index is -3.45. The van der Waals surface area contributed by atoms with E-state index in [9.17, 15) is 8.42 Å². The van der Waals surface area contributed by atoms with Gasteiger partial charge >= 0.3 is 0 Å². The second-order valence-electron chi connectivity index (χ2n) is 3.82. The van der Waals surface area contributed by atoms with Gasteiger partial charge in [-0.15, -0.1) is 0 Å². The van der Waals surface area contributed by atoms with Crippen LogP contribution in [0.3, 0.4) is 0 Å². The number of hydrogen-bond acceptors (Lipinski definition) is 4. The van der Waals surface area contributed by atoms with Gasteiger partial charge in [0.25, 0.3) is 0 Å². The molecule has 1 aromatic carbocycles. The van der Waals surface area contributed by atoms with Crippen LogP contribution in [0.25, 0.3) is 0 Å². The zero-order valence-electron chi connectivity index (χ0n) is 9.58. The summed E-state index contributed by atoms with van der Waals surface area (Å²) >= 11 is 0. The lowest BCUT2D eigenvalue weighted by Gasteiger charge is -2.07. The number of nitrogens with one attached hydrogen (secondary N) is 1. The topological polar surface area (TPSA) is 85.1 Å². The summed E-state index contributed by atoms with van der Waals surface area (Å²) in [6.07, 6.45) is 1.53. The number of rotatable bonds is 4. The summed E-state index contributed by atoms with van der Waals surface area (Å²) in [6, 6.07) is 11.8. The number of hydrogen-bond donors (Lipinski definition) is 2. The minimum Gasteiger partial charge on any atom is -0.399 e. The summed E-state index contributed by atoms with van der Waals surface area (Å²) in [7, 11) is -3.45. The van der Waals surface area contributed by atoms with Crippen molar-refractivity contribution < 1.29 is 8.42 Å². The van der Waals surface area contributed by atoms with Gasteiger partial charge in [-0.05, 0) is 29.8 Å². The summed E-state index contributed by atoms with van der Waals surface area (Å²) in [6.45, 7) is 0. The van der Waals surface area contributed by atoms with E-state index in [0.29, 0.717) is 17.1 Å². The van der Waals surface area contributed by atoms with E-state index < -0.39 is 10.0 Å². The van der Waals surface area contributed by atoms with Crippen molar-refractivity contribution >= 4 is 21.5 Å². The largest absolute Gasteiger partial charge is 0.399 e. The van der Waals surface area contributed by atoms with E-state index in [0.717, 1.165) is 0 Å². The highest BCUT2D eigenvalue weighted by Crippen LogP contribution is 2.11. The normalized spacial score (nSPS) is 11.1. The van der Waals surface area contributed by atoms with Crippen molar-refractivity contribution in [2.24, 2.45) is 0 Å². The first kappa shape index (κ1) is 12.4. The van der Waals surface area contributed by atoms with Crippen LogP contribution in [-0.2, 0) is 15.8 Å². The number of pyridine rings is 1. The van der Waals surface area contributed by atoms with Gasteiger partial charge in [-0.2, -0.15) is 0 Å². The quantitative estimate of drug-likeness (QED) is 0.821. The fourth-order valence-electron chi connectivity index (χ4n) is 1.45. The molecule has 0 aliphatic rings. The smallest absolute Gasteiger partial charge is 0.238 e. The van der Waals surface area contributed by atoms with Crippen LogP contribution in [0.4, 0.5) is 11.5 Å². The van der Waals surface area contributed by atoms with E-state index in [1.807, 2.05) is 0 Å². The Morgan fingerprint density at radius 2 is 1.83 bits per heavy atom. The molecule has 0 unspecified atom stereocenters. The zero-order chi connectivity index (χ0) is 13.0. The summed E-state index contributed by atoms with van der Waals surface area (Å²) in [4.78, 5) is 3.91. The Bertz CT molecular complexity index is 610. The van der Waals surface area contributed by atoms with Crippen molar-refractivity contribution in [2.45, 2.75) is 5.75 Å². The number of benzene rings is 1. The maximum Gasteiger partial charge on any atom is 0.238 e. The van der Waals surface area contributed by atoms with Crippen molar-refractivity contribution in [3.8, 4) is 0 Å². The SMILES string of the molecule is Nc1ccc(CS(=O)(=O)Nc2ccccn2)cc1. The molecule has 0 bridgehead atoms. The van der Waals surface area contributed by atoms with Gasteiger partial charge in [-0.3, -0.25) is 4.72 Å². The van der Waals surface area contributed by atoms with Gasteiger partial charge < -0.3 is 5.73 Å². The van der Waals surface area contributed by atoms with Crippen LogP contribution in [0.1, 0.15) is 5.56 Å². The molecule has 0 aliphatic carbocycles. The van der Waals surface area contributed by atoms with Gasteiger partial charge in [-0.25, -0.2) is 13.4 Å². The molecule has 0 amide bonds. The van der Waals surface area contributed by atoms with Crippen molar-refractivity contribution in [3.05, 3.63) is 54.2 Å². The predicted octanol–water partition coefficient (Wildman–Crippen LogP) is 1.61. The summed E-state index contributed by atoms with van der Waals surface area (Å²) in [5, 5.41) is 0. The fraction of sp³-hybridized carbons (Fsp3) is 0.0833. The molecule has 1 aromatic heterocycles. The molecule has 1 heterocycles. The van der Waals surface area contributed by atoms with Crippen LogP contribution in [0.5, 0.6) is 0 Å². The number of nitrogen functional groups attached to an aromatic ring is 1. The molecular weight excluding hydrogens is 250 g/mol. The highest BCUT2D eigenvalue weighted by molar-refractivity contribution is 7.91. The van der Waals surface area contributed by atoms with E-state index in [1.165, 1.54) is 6.20 Å². The molecule has 2 aromatic rings. The molecule has 0 aliphatic heterocycles. The van der Waals surface area contributed by atoms with E-state index in [-0.39, 0.29) is 5.75 Å². The van der Waals surface area contributed by atoms with Crippen LogP contribution in [0.15, 0.2) is 48.7 Å². The summed E-state index contributed by atoms with van der Waals surface area (Å²) in [5.74, 6) is 0.206. The molecule has 0 spiro atoms. The van der Waals surface area contributed by atoms with Gasteiger partial charge in [0.2, 0.25) is 10.0 Å².